The number of para-hydroxylation sites is 2. The second-order valence-corrected chi connectivity index (χ2v) is 7.38. The van der Waals surface area contributed by atoms with Gasteiger partial charge in [-0.2, -0.15) is 0 Å². The molecule has 0 fully saturated rings. The van der Waals surface area contributed by atoms with Crippen LogP contribution < -0.4 is 15.0 Å². The fourth-order valence-corrected chi connectivity index (χ4v) is 3.55. The van der Waals surface area contributed by atoms with Crippen LogP contribution in [0.5, 0.6) is 5.75 Å². The van der Waals surface area contributed by atoms with Gasteiger partial charge in [0.2, 0.25) is 0 Å². The van der Waals surface area contributed by atoms with Crippen molar-refractivity contribution in [2.45, 2.75) is 19.2 Å². The molecular weight excluding hydrogens is 386 g/mol. The quantitative estimate of drug-likeness (QED) is 0.459. The molecule has 3 aromatic carbocycles. The van der Waals surface area contributed by atoms with E-state index in [1.54, 1.807) is 24.3 Å². The maximum atomic E-state index is 10.6. The standard InChI is InChI=1S/C23H22ClN3O2/c24-18-10-12-20(13-11-18)29-16-19(28)15-27-22-9-5-4-8-21(22)26(23(27)25)14-17-6-2-1-3-7-17/h1-13,19,25,28H,14-16H2/p+1/t19-/m1/s1. The van der Waals surface area contributed by atoms with E-state index in [9.17, 15) is 5.11 Å². The number of aliphatic hydroxyl groups is 1. The van der Waals surface area contributed by atoms with E-state index in [1.807, 2.05) is 47.0 Å². The number of nitrogens with zero attached hydrogens (tertiary/aromatic N) is 2. The van der Waals surface area contributed by atoms with Gasteiger partial charge in [-0.25, -0.2) is 9.13 Å². The van der Waals surface area contributed by atoms with Crippen molar-refractivity contribution in [1.82, 2.24) is 4.57 Å². The maximum absolute atomic E-state index is 10.6. The molecule has 29 heavy (non-hydrogen) atoms. The molecule has 0 radical (unpaired) electrons. The molecule has 4 aromatic rings. The molecule has 4 rings (SSSR count). The van der Waals surface area contributed by atoms with Crippen LogP contribution in [0.1, 0.15) is 5.56 Å². The van der Waals surface area contributed by atoms with Crippen LogP contribution >= 0.6 is 11.6 Å². The minimum atomic E-state index is -0.714. The van der Waals surface area contributed by atoms with Gasteiger partial charge in [-0.3, -0.25) is 5.73 Å². The van der Waals surface area contributed by atoms with Gasteiger partial charge in [-0.15, -0.1) is 0 Å². The summed E-state index contributed by atoms with van der Waals surface area (Å²) in [5, 5.41) is 11.2. The number of aliphatic hydroxyl groups excluding tert-OH is 1. The third kappa shape index (κ3) is 4.36. The number of nitrogen functional groups attached to an aromatic ring is 1. The van der Waals surface area contributed by atoms with Crippen LogP contribution in [0.15, 0.2) is 78.9 Å². The summed E-state index contributed by atoms with van der Waals surface area (Å²) in [6.07, 6.45) is -0.714. The third-order valence-corrected chi connectivity index (χ3v) is 5.10. The van der Waals surface area contributed by atoms with Crippen LogP contribution in [-0.4, -0.2) is 22.4 Å². The molecule has 148 valence electrons. The summed E-state index contributed by atoms with van der Waals surface area (Å²) < 4.78 is 9.69. The van der Waals surface area contributed by atoms with Gasteiger partial charge in [0.1, 0.15) is 36.0 Å². The molecule has 0 saturated heterocycles. The second kappa shape index (κ2) is 8.55. The van der Waals surface area contributed by atoms with Crippen LogP contribution in [0.2, 0.25) is 5.02 Å². The zero-order valence-electron chi connectivity index (χ0n) is 15.9. The Hall–Kier alpha value is -3.02. The Labute approximate surface area is 174 Å². The fourth-order valence-electron chi connectivity index (χ4n) is 3.42. The first-order chi connectivity index (χ1) is 14.1. The SMILES string of the molecule is Nc1n(C[C@@H](O)COc2ccc(Cl)cc2)c2ccccc2[n+]1Cc1ccccc1. The number of rotatable bonds is 7. The number of anilines is 1. The summed E-state index contributed by atoms with van der Waals surface area (Å²) in [7, 11) is 0. The van der Waals surface area contributed by atoms with Gasteiger partial charge in [0.25, 0.3) is 0 Å². The molecule has 1 atom stereocenters. The zero-order valence-corrected chi connectivity index (χ0v) is 16.7. The van der Waals surface area contributed by atoms with Crippen molar-refractivity contribution >= 4 is 28.6 Å². The summed E-state index contributed by atoms with van der Waals surface area (Å²) in [6, 6.07) is 25.3. The lowest BCUT2D eigenvalue weighted by molar-refractivity contribution is -0.648. The molecule has 0 unspecified atom stereocenters. The van der Waals surface area contributed by atoms with Crippen LogP contribution in [0, 0.1) is 0 Å². The van der Waals surface area contributed by atoms with Gasteiger partial charge in [0.15, 0.2) is 0 Å². The van der Waals surface area contributed by atoms with E-state index in [2.05, 4.69) is 16.7 Å². The predicted molar refractivity (Wildman–Crippen MR) is 115 cm³/mol. The maximum Gasteiger partial charge on any atom is 0.356 e. The van der Waals surface area contributed by atoms with Gasteiger partial charge in [0, 0.05) is 5.02 Å². The van der Waals surface area contributed by atoms with Crippen LogP contribution in [0.25, 0.3) is 11.0 Å². The van der Waals surface area contributed by atoms with Crippen LogP contribution in [-0.2, 0) is 13.1 Å². The normalized spacial score (nSPS) is 12.2. The number of aromatic nitrogens is 2. The van der Waals surface area contributed by atoms with E-state index >= 15 is 0 Å². The van der Waals surface area contributed by atoms with E-state index in [0.29, 0.717) is 29.8 Å². The fraction of sp³-hybridized carbons (Fsp3) is 0.174. The highest BCUT2D eigenvalue weighted by molar-refractivity contribution is 6.30. The lowest BCUT2D eigenvalue weighted by atomic mass is 10.2. The molecule has 1 heterocycles. The van der Waals surface area contributed by atoms with Crippen molar-refractivity contribution in [2.24, 2.45) is 0 Å². The van der Waals surface area contributed by atoms with Gasteiger partial charge in [-0.1, -0.05) is 54.1 Å². The highest BCUT2D eigenvalue weighted by Crippen LogP contribution is 2.19. The van der Waals surface area contributed by atoms with Crippen LogP contribution in [0.4, 0.5) is 5.95 Å². The summed E-state index contributed by atoms with van der Waals surface area (Å²) in [6.45, 7) is 1.16. The van der Waals surface area contributed by atoms with E-state index in [1.165, 1.54) is 5.56 Å². The molecule has 0 amide bonds. The van der Waals surface area contributed by atoms with Crippen molar-refractivity contribution in [3.8, 4) is 5.75 Å². The number of hydrogen-bond donors (Lipinski definition) is 2. The summed E-state index contributed by atoms with van der Waals surface area (Å²) in [4.78, 5) is 0. The average Bonchev–Trinajstić information content (AvgIpc) is 3.00. The Bertz CT molecular complexity index is 1090. The van der Waals surface area contributed by atoms with Gasteiger partial charge in [-0.05, 0) is 42.0 Å². The van der Waals surface area contributed by atoms with Crippen LogP contribution in [0.3, 0.4) is 0 Å². The number of benzene rings is 3. The largest absolute Gasteiger partial charge is 0.491 e. The number of imidazole rings is 1. The second-order valence-electron chi connectivity index (χ2n) is 6.95. The lowest BCUT2D eigenvalue weighted by Gasteiger charge is -2.12. The number of hydrogen-bond acceptors (Lipinski definition) is 3. The van der Waals surface area contributed by atoms with Crippen molar-refractivity contribution in [2.75, 3.05) is 12.3 Å². The summed E-state index contributed by atoms with van der Waals surface area (Å²) >= 11 is 5.89. The third-order valence-electron chi connectivity index (χ3n) is 4.85. The molecule has 0 aliphatic carbocycles. The number of nitrogens with two attached hydrogens (primary N) is 1. The number of halogens is 1. The molecular formula is C23H23ClN3O2+. The predicted octanol–water partition coefficient (Wildman–Crippen LogP) is 3.65. The van der Waals surface area contributed by atoms with Crippen molar-refractivity contribution in [3.63, 3.8) is 0 Å². The minimum Gasteiger partial charge on any atom is -0.491 e. The zero-order chi connectivity index (χ0) is 20.2. The number of fused-ring (bicyclic) bond motifs is 1. The summed E-state index contributed by atoms with van der Waals surface area (Å²) in [5.41, 5.74) is 9.67. The summed E-state index contributed by atoms with van der Waals surface area (Å²) in [5.74, 6) is 1.26. The van der Waals surface area contributed by atoms with E-state index < -0.39 is 6.10 Å². The van der Waals surface area contributed by atoms with Gasteiger partial charge in [0.05, 0.1) is 6.54 Å². The Morgan fingerprint density at radius 2 is 1.66 bits per heavy atom. The van der Waals surface area contributed by atoms with Crippen molar-refractivity contribution < 1.29 is 14.4 Å². The smallest absolute Gasteiger partial charge is 0.356 e. The molecule has 0 aliphatic heterocycles. The molecule has 0 aliphatic rings. The molecule has 3 N–H and O–H groups in total. The molecule has 6 heteroatoms. The Morgan fingerprint density at radius 1 is 0.966 bits per heavy atom. The van der Waals surface area contributed by atoms with E-state index in [4.69, 9.17) is 22.1 Å². The molecule has 5 nitrogen and oxygen atoms in total. The number of ether oxygens (including phenoxy) is 1. The Morgan fingerprint density at radius 3 is 2.41 bits per heavy atom. The van der Waals surface area contributed by atoms with Gasteiger partial charge < -0.3 is 9.84 Å². The van der Waals surface area contributed by atoms with Gasteiger partial charge >= 0.3 is 5.95 Å². The van der Waals surface area contributed by atoms with Crippen molar-refractivity contribution in [3.05, 3.63) is 89.4 Å². The Balaban J connectivity index is 1.55. The topological polar surface area (TPSA) is 64.3 Å². The average molecular weight is 409 g/mol. The highest BCUT2D eigenvalue weighted by atomic mass is 35.5. The Kier molecular flexibility index (Phi) is 5.69. The van der Waals surface area contributed by atoms with E-state index in [-0.39, 0.29) is 6.61 Å². The van der Waals surface area contributed by atoms with E-state index in [0.717, 1.165) is 11.0 Å². The minimum absolute atomic E-state index is 0.159. The molecule has 0 bridgehead atoms. The molecule has 0 saturated carbocycles. The molecule has 1 aromatic heterocycles. The first-order valence-electron chi connectivity index (χ1n) is 9.48. The highest BCUT2D eigenvalue weighted by Gasteiger charge is 2.23. The first kappa shape index (κ1) is 19.3. The molecule has 0 spiro atoms. The first-order valence-corrected chi connectivity index (χ1v) is 9.86. The lowest BCUT2D eigenvalue weighted by Crippen LogP contribution is -2.37. The van der Waals surface area contributed by atoms with Crippen molar-refractivity contribution in [1.29, 1.82) is 0 Å². The monoisotopic (exact) mass is 408 g/mol.